The molecule has 0 aliphatic carbocycles. The van der Waals surface area contributed by atoms with Gasteiger partial charge in [-0.1, -0.05) is 24.3 Å². The van der Waals surface area contributed by atoms with Gasteiger partial charge in [0.25, 0.3) is 5.91 Å². The Labute approximate surface area is 128 Å². The molecule has 0 saturated heterocycles. The zero-order valence-corrected chi connectivity index (χ0v) is 12.5. The van der Waals surface area contributed by atoms with E-state index in [-0.39, 0.29) is 5.91 Å². The van der Waals surface area contributed by atoms with Gasteiger partial charge < -0.3 is 14.5 Å². The summed E-state index contributed by atoms with van der Waals surface area (Å²) >= 11 is 0. The van der Waals surface area contributed by atoms with E-state index in [1.54, 1.807) is 13.3 Å². The Bertz CT molecular complexity index is 824. The Kier molecular flexibility index (Phi) is 3.78. The van der Waals surface area contributed by atoms with E-state index < -0.39 is 0 Å². The van der Waals surface area contributed by atoms with Crippen LogP contribution in [-0.4, -0.2) is 22.4 Å². The van der Waals surface area contributed by atoms with Crippen LogP contribution in [0, 0.1) is 6.92 Å². The molecular formula is C17H17N3O2. The number of nitrogens with one attached hydrogen (secondary N) is 1. The highest BCUT2D eigenvalue weighted by molar-refractivity contribution is 5.92. The van der Waals surface area contributed by atoms with Crippen molar-refractivity contribution in [1.82, 2.24) is 14.7 Å². The SMILES string of the molecule is COc1ccccc1CNC(=O)c1cn2cc(C)ccc2n1. The molecule has 0 saturated carbocycles. The zero-order chi connectivity index (χ0) is 15.5. The molecule has 0 atom stereocenters. The molecule has 22 heavy (non-hydrogen) atoms. The van der Waals surface area contributed by atoms with Gasteiger partial charge in [0, 0.05) is 24.5 Å². The van der Waals surface area contributed by atoms with Crippen LogP contribution in [0.25, 0.3) is 5.65 Å². The number of fused-ring (bicyclic) bond motifs is 1. The van der Waals surface area contributed by atoms with Crippen LogP contribution in [0.4, 0.5) is 0 Å². The van der Waals surface area contributed by atoms with Crippen molar-refractivity contribution in [2.24, 2.45) is 0 Å². The van der Waals surface area contributed by atoms with Gasteiger partial charge in [0.2, 0.25) is 0 Å². The Morgan fingerprint density at radius 1 is 1.23 bits per heavy atom. The smallest absolute Gasteiger partial charge is 0.271 e. The molecule has 3 aromatic rings. The number of pyridine rings is 1. The van der Waals surface area contributed by atoms with Gasteiger partial charge in [0.05, 0.1) is 7.11 Å². The number of carbonyl (C=O) groups excluding carboxylic acids is 1. The van der Waals surface area contributed by atoms with Gasteiger partial charge in [-0.15, -0.1) is 0 Å². The van der Waals surface area contributed by atoms with Crippen LogP contribution in [0.15, 0.2) is 48.8 Å². The van der Waals surface area contributed by atoms with Crippen molar-refractivity contribution in [3.63, 3.8) is 0 Å². The third-order valence-electron chi connectivity index (χ3n) is 3.46. The average molecular weight is 295 g/mol. The van der Waals surface area contributed by atoms with Crippen molar-refractivity contribution in [2.45, 2.75) is 13.5 Å². The standard InChI is InChI=1S/C17H17N3O2/c1-12-7-8-16-19-14(11-20(16)10-12)17(21)18-9-13-5-3-4-6-15(13)22-2/h3-8,10-11H,9H2,1-2H3,(H,18,21). The quantitative estimate of drug-likeness (QED) is 0.805. The molecular weight excluding hydrogens is 278 g/mol. The van der Waals surface area contributed by atoms with Crippen LogP contribution >= 0.6 is 0 Å². The van der Waals surface area contributed by atoms with Crippen LogP contribution in [0.3, 0.4) is 0 Å². The third kappa shape index (κ3) is 2.79. The van der Waals surface area contributed by atoms with Crippen molar-refractivity contribution in [1.29, 1.82) is 0 Å². The van der Waals surface area contributed by atoms with E-state index in [1.807, 2.05) is 53.9 Å². The van der Waals surface area contributed by atoms with E-state index in [9.17, 15) is 4.79 Å². The highest BCUT2D eigenvalue weighted by atomic mass is 16.5. The lowest BCUT2D eigenvalue weighted by Crippen LogP contribution is -2.23. The first-order valence-corrected chi connectivity index (χ1v) is 7.03. The molecule has 0 fully saturated rings. The topological polar surface area (TPSA) is 55.6 Å². The summed E-state index contributed by atoms with van der Waals surface area (Å²) in [6.45, 7) is 2.40. The minimum atomic E-state index is -0.202. The summed E-state index contributed by atoms with van der Waals surface area (Å²) in [5, 5.41) is 2.87. The van der Waals surface area contributed by atoms with Crippen LogP contribution in [0.5, 0.6) is 5.75 Å². The second-order valence-corrected chi connectivity index (χ2v) is 5.09. The molecule has 1 aromatic carbocycles. The minimum Gasteiger partial charge on any atom is -0.496 e. The maximum absolute atomic E-state index is 12.2. The number of benzene rings is 1. The third-order valence-corrected chi connectivity index (χ3v) is 3.46. The van der Waals surface area contributed by atoms with Gasteiger partial charge in [-0.3, -0.25) is 4.79 Å². The average Bonchev–Trinajstić information content (AvgIpc) is 2.96. The molecule has 1 amide bonds. The number of hydrogen-bond acceptors (Lipinski definition) is 3. The molecule has 3 rings (SSSR count). The normalized spacial score (nSPS) is 10.6. The van der Waals surface area contributed by atoms with E-state index in [0.717, 1.165) is 22.5 Å². The molecule has 5 nitrogen and oxygen atoms in total. The zero-order valence-electron chi connectivity index (χ0n) is 12.5. The van der Waals surface area contributed by atoms with Gasteiger partial charge in [0.15, 0.2) is 0 Å². The lowest BCUT2D eigenvalue weighted by Gasteiger charge is -2.08. The maximum Gasteiger partial charge on any atom is 0.271 e. The van der Waals surface area contributed by atoms with Gasteiger partial charge in [-0.05, 0) is 24.6 Å². The molecule has 0 aliphatic heterocycles. The van der Waals surface area contributed by atoms with Crippen molar-refractivity contribution in [3.8, 4) is 5.75 Å². The number of imidazole rings is 1. The number of methoxy groups -OCH3 is 1. The highest BCUT2D eigenvalue weighted by Gasteiger charge is 2.11. The number of hydrogen-bond donors (Lipinski definition) is 1. The summed E-state index contributed by atoms with van der Waals surface area (Å²) < 4.78 is 7.13. The molecule has 0 radical (unpaired) electrons. The largest absolute Gasteiger partial charge is 0.496 e. The Balaban J connectivity index is 1.76. The number of nitrogens with zero attached hydrogens (tertiary/aromatic N) is 2. The first-order valence-electron chi connectivity index (χ1n) is 7.03. The van der Waals surface area contributed by atoms with Crippen LogP contribution < -0.4 is 10.1 Å². The van der Waals surface area contributed by atoms with Crippen LogP contribution in [-0.2, 0) is 6.54 Å². The highest BCUT2D eigenvalue weighted by Crippen LogP contribution is 2.17. The van der Waals surface area contributed by atoms with Gasteiger partial charge in [-0.2, -0.15) is 0 Å². The molecule has 2 aromatic heterocycles. The van der Waals surface area contributed by atoms with Crippen molar-refractivity contribution >= 4 is 11.6 Å². The van der Waals surface area contributed by atoms with Crippen LogP contribution in [0.2, 0.25) is 0 Å². The van der Waals surface area contributed by atoms with Crippen LogP contribution in [0.1, 0.15) is 21.6 Å². The number of carbonyl (C=O) groups is 1. The molecule has 0 unspecified atom stereocenters. The van der Waals surface area contributed by atoms with E-state index >= 15 is 0 Å². The second-order valence-electron chi connectivity index (χ2n) is 5.09. The summed E-state index contributed by atoms with van der Waals surface area (Å²) in [4.78, 5) is 16.6. The first kappa shape index (κ1) is 14.1. The predicted octanol–water partition coefficient (Wildman–Crippen LogP) is 2.58. The summed E-state index contributed by atoms with van der Waals surface area (Å²) in [5.74, 6) is 0.556. The van der Waals surface area contributed by atoms with Gasteiger partial charge >= 0.3 is 0 Å². The summed E-state index contributed by atoms with van der Waals surface area (Å²) in [7, 11) is 1.62. The molecule has 2 heterocycles. The van der Waals surface area contributed by atoms with Crippen molar-refractivity contribution in [2.75, 3.05) is 7.11 Å². The number of aromatic nitrogens is 2. The van der Waals surface area contributed by atoms with Crippen molar-refractivity contribution < 1.29 is 9.53 Å². The predicted molar refractivity (Wildman–Crippen MR) is 84.1 cm³/mol. The monoisotopic (exact) mass is 295 g/mol. The Morgan fingerprint density at radius 3 is 2.86 bits per heavy atom. The Hall–Kier alpha value is -2.82. The second kappa shape index (κ2) is 5.89. The number of para-hydroxylation sites is 1. The minimum absolute atomic E-state index is 0.202. The van der Waals surface area contributed by atoms with E-state index in [1.165, 1.54) is 0 Å². The molecule has 0 aliphatic rings. The first-order chi connectivity index (χ1) is 10.7. The molecule has 5 heteroatoms. The van der Waals surface area contributed by atoms with E-state index in [4.69, 9.17) is 4.74 Å². The number of aryl methyl sites for hydroxylation is 1. The summed E-state index contributed by atoms with van der Waals surface area (Å²) in [6, 6.07) is 11.5. The van der Waals surface area contributed by atoms with Gasteiger partial charge in [-0.25, -0.2) is 4.98 Å². The fourth-order valence-corrected chi connectivity index (χ4v) is 2.33. The molecule has 0 spiro atoms. The Morgan fingerprint density at radius 2 is 2.05 bits per heavy atom. The lowest BCUT2D eigenvalue weighted by atomic mass is 10.2. The molecule has 0 bridgehead atoms. The number of rotatable bonds is 4. The summed E-state index contributed by atoms with van der Waals surface area (Å²) in [5.41, 5.74) is 3.21. The fourth-order valence-electron chi connectivity index (χ4n) is 2.33. The van der Waals surface area contributed by atoms with Gasteiger partial charge in [0.1, 0.15) is 17.1 Å². The lowest BCUT2D eigenvalue weighted by molar-refractivity contribution is 0.0946. The fraction of sp³-hybridized carbons (Fsp3) is 0.176. The van der Waals surface area contributed by atoms with E-state index in [0.29, 0.717) is 12.2 Å². The molecule has 112 valence electrons. The number of amides is 1. The maximum atomic E-state index is 12.2. The van der Waals surface area contributed by atoms with E-state index in [2.05, 4.69) is 10.3 Å². The van der Waals surface area contributed by atoms with Crippen molar-refractivity contribution in [3.05, 3.63) is 65.6 Å². The number of ether oxygens (including phenoxy) is 1. The summed E-state index contributed by atoms with van der Waals surface area (Å²) in [6.07, 6.45) is 3.68. The molecule has 1 N–H and O–H groups in total.